The summed E-state index contributed by atoms with van der Waals surface area (Å²) < 4.78 is 1.47. The lowest BCUT2D eigenvalue weighted by Crippen LogP contribution is -2.43. The highest BCUT2D eigenvalue weighted by Gasteiger charge is 2.38. The number of thiazole rings is 1. The van der Waals surface area contributed by atoms with Crippen LogP contribution in [0.3, 0.4) is 0 Å². The first kappa shape index (κ1) is 13.8. The van der Waals surface area contributed by atoms with Crippen LogP contribution < -0.4 is 4.90 Å². The van der Waals surface area contributed by atoms with Crippen molar-refractivity contribution in [1.29, 1.82) is 0 Å². The smallest absolute Gasteiger partial charge is 0.358 e. The van der Waals surface area contributed by atoms with Crippen LogP contribution in [-0.2, 0) is 4.79 Å². The van der Waals surface area contributed by atoms with Crippen LogP contribution in [-0.4, -0.2) is 51.8 Å². The molecule has 112 valence electrons. The van der Waals surface area contributed by atoms with E-state index in [1.807, 2.05) is 0 Å². The second kappa shape index (κ2) is 4.99. The third-order valence-corrected chi connectivity index (χ3v) is 4.40. The number of imidazole rings is 1. The summed E-state index contributed by atoms with van der Waals surface area (Å²) in [6.07, 6.45) is 3.15. The molecule has 1 aliphatic rings. The third kappa shape index (κ3) is 2.13. The summed E-state index contributed by atoms with van der Waals surface area (Å²) in [6.45, 7) is 0.607. The fraction of sp³-hybridized carbons (Fsp3) is 0.500. The van der Waals surface area contributed by atoms with E-state index in [1.54, 1.807) is 30.6 Å². The number of carbonyl (C=O) groups is 1. The molecule has 21 heavy (non-hydrogen) atoms. The molecule has 8 nitrogen and oxygen atoms in total. The van der Waals surface area contributed by atoms with Gasteiger partial charge in [-0.05, 0) is 17.8 Å². The SMILES string of the molecule is CN(C)C(=O)[C@H]1CCCN1c1nc2sccn2c1[N+](=O)[O-]. The van der Waals surface area contributed by atoms with Crippen LogP contribution in [0.1, 0.15) is 12.8 Å². The van der Waals surface area contributed by atoms with Crippen molar-refractivity contribution in [2.45, 2.75) is 18.9 Å². The normalized spacial score (nSPS) is 18.4. The van der Waals surface area contributed by atoms with Gasteiger partial charge in [-0.25, -0.2) is 0 Å². The molecular formula is C12H15N5O3S. The number of nitrogens with zero attached hydrogens (tertiary/aromatic N) is 5. The van der Waals surface area contributed by atoms with Crippen LogP contribution in [0.5, 0.6) is 0 Å². The molecule has 0 aliphatic carbocycles. The van der Waals surface area contributed by atoms with Gasteiger partial charge in [0.25, 0.3) is 4.96 Å². The summed E-state index contributed by atoms with van der Waals surface area (Å²) in [5.41, 5.74) is 0. The first-order valence-corrected chi connectivity index (χ1v) is 7.46. The zero-order chi connectivity index (χ0) is 15.1. The number of aromatic nitrogens is 2. The molecule has 0 bridgehead atoms. The molecule has 3 rings (SSSR count). The molecule has 0 radical (unpaired) electrons. The van der Waals surface area contributed by atoms with Gasteiger partial charge < -0.3 is 19.9 Å². The van der Waals surface area contributed by atoms with Gasteiger partial charge in [-0.15, -0.1) is 0 Å². The van der Waals surface area contributed by atoms with Crippen molar-refractivity contribution in [2.75, 3.05) is 25.5 Å². The second-order valence-electron chi connectivity index (χ2n) is 5.16. The van der Waals surface area contributed by atoms with Gasteiger partial charge >= 0.3 is 5.82 Å². The Labute approximate surface area is 124 Å². The van der Waals surface area contributed by atoms with Gasteiger partial charge in [0.1, 0.15) is 12.2 Å². The van der Waals surface area contributed by atoms with Crippen molar-refractivity contribution in [3.8, 4) is 0 Å². The van der Waals surface area contributed by atoms with Crippen molar-refractivity contribution in [1.82, 2.24) is 14.3 Å². The maximum atomic E-state index is 12.2. The van der Waals surface area contributed by atoms with Crippen molar-refractivity contribution >= 4 is 33.8 Å². The number of anilines is 1. The predicted octanol–water partition coefficient (Wildman–Crippen LogP) is 1.36. The Morgan fingerprint density at radius 2 is 2.33 bits per heavy atom. The van der Waals surface area contributed by atoms with E-state index in [2.05, 4.69) is 4.98 Å². The molecule has 1 amide bonds. The van der Waals surface area contributed by atoms with Gasteiger partial charge in [0.15, 0.2) is 0 Å². The molecule has 0 unspecified atom stereocenters. The van der Waals surface area contributed by atoms with Crippen LogP contribution in [0.15, 0.2) is 11.6 Å². The third-order valence-electron chi connectivity index (χ3n) is 3.64. The summed E-state index contributed by atoms with van der Waals surface area (Å²) in [6, 6.07) is -0.372. The maximum Gasteiger partial charge on any atom is 0.373 e. The molecule has 1 aliphatic heterocycles. The zero-order valence-electron chi connectivity index (χ0n) is 11.7. The lowest BCUT2D eigenvalue weighted by atomic mass is 10.2. The van der Waals surface area contributed by atoms with Gasteiger partial charge in [-0.1, -0.05) is 11.3 Å². The average Bonchev–Trinajstić information content (AvgIpc) is 3.10. The van der Waals surface area contributed by atoms with Crippen molar-refractivity contribution in [3.63, 3.8) is 0 Å². The highest BCUT2D eigenvalue weighted by Crippen LogP contribution is 2.35. The Morgan fingerprint density at radius 3 is 3.00 bits per heavy atom. The first-order chi connectivity index (χ1) is 10.0. The molecule has 0 spiro atoms. The lowest BCUT2D eigenvalue weighted by molar-refractivity contribution is -0.389. The van der Waals surface area contributed by atoms with Gasteiger partial charge in [0.05, 0.1) is 0 Å². The minimum Gasteiger partial charge on any atom is -0.358 e. The van der Waals surface area contributed by atoms with E-state index < -0.39 is 4.92 Å². The van der Waals surface area contributed by atoms with Crippen molar-refractivity contribution in [3.05, 3.63) is 21.7 Å². The second-order valence-corrected chi connectivity index (χ2v) is 6.03. The fourth-order valence-corrected chi connectivity index (χ4v) is 3.40. The number of fused-ring (bicyclic) bond motifs is 1. The monoisotopic (exact) mass is 309 g/mol. The van der Waals surface area contributed by atoms with Gasteiger partial charge in [0, 0.05) is 26.0 Å². The number of carbonyl (C=O) groups excluding carboxylic acids is 1. The predicted molar refractivity (Wildman–Crippen MR) is 78.8 cm³/mol. The Hall–Kier alpha value is -2.16. The molecule has 0 N–H and O–H groups in total. The van der Waals surface area contributed by atoms with Crippen LogP contribution >= 0.6 is 11.3 Å². The van der Waals surface area contributed by atoms with E-state index in [0.717, 1.165) is 6.42 Å². The molecule has 0 saturated carbocycles. The maximum absolute atomic E-state index is 12.2. The van der Waals surface area contributed by atoms with Crippen LogP contribution in [0.2, 0.25) is 0 Å². The van der Waals surface area contributed by atoms with E-state index in [4.69, 9.17) is 0 Å². The topological polar surface area (TPSA) is 84.0 Å². The lowest BCUT2D eigenvalue weighted by Gasteiger charge is -2.25. The molecule has 0 aromatic carbocycles. The Morgan fingerprint density at radius 1 is 1.57 bits per heavy atom. The molecule has 1 fully saturated rings. The molecule has 1 atom stereocenters. The Bertz CT molecular complexity index is 707. The Balaban J connectivity index is 2.07. The minimum absolute atomic E-state index is 0.0434. The number of hydrogen-bond acceptors (Lipinski definition) is 6. The first-order valence-electron chi connectivity index (χ1n) is 6.58. The summed E-state index contributed by atoms with van der Waals surface area (Å²) in [5.74, 6) is 0.187. The molecule has 3 heterocycles. The highest BCUT2D eigenvalue weighted by atomic mass is 32.1. The Kier molecular flexibility index (Phi) is 3.28. The average molecular weight is 309 g/mol. The largest absolute Gasteiger partial charge is 0.373 e. The van der Waals surface area contributed by atoms with E-state index >= 15 is 0 Å². The van der Waals surface area contributed by atoms with Gasteiger partial charge in [-0.2, -0.15) is 9.38 Å². The standard InChI is InChI=1S/C12H15N5O3S/c1-14(2)11(18)8-4-3-5-15(8)9-10(17(19)20)16-6-7-21-12(16)13-9/h6-8H,3-5H2,1-2H3/t8-/m1/s1. The van der Waals surface area contributed by atoms with E-state index in [-0.39, 0.29) is 17.8 Å². The number of nitro groups is 1. The number of amides is 1. The quantitative estimate of drug-likeness (QED) is 0.631. The molecule has 1 saturated heterocycles. The summed E-state index contributed by atoms with van der Waals surface area (Å²) >= 11 is 1.34. The van der Waals surface area contributed by atoms with Gasteiger partial charge in [-0.3, -0.25) is 4.79 Å². The minimum atomic E-state index is -0.433. The molecular weight excluding hydrogens is 294 g/mol. The molecule has 2 aromatic rings. The number of rotatable bonds is 3. The van der Waals surface area contributed by atoms with Crippen molar-refractivity contribution < 1.29 is 9.72 Å². The van der Waals surface area contributed by atoms with Crippen molar-refractivity contribution in [2.24, 2.45) is 0 Å². The van der Waals surface area contributed by atoms with E-state index in [9.17, 15) is 14.9 Å². The fourth-order valence-electron chi connectivity index (χ4n) is 2.70. The van der Waals surface area contributed by atoms with Gasteiger partial charge in [0.2, 0.25) is 11.7 Å². The molecule has 9 heteroatoms. The summed E-state index contributed by atoms with van der Waals surface area (Å²) in [7, 11) is 3.39. The van der Waals surface area contributed by atoms with E-state index in [0.29, 0.717) is 23.7 Å². The summed E-state index contributed by atoms with van der Waals surface area (Å²) in [4.78, 5) is 31.4. The summed E-state index contributed by atoms with van der Waals surface area (Å²) in [5, 5.41) is 13.1. The number of likely N-dealkylation sites (N-methyl/N-ethyl adjacent to an activating group) is 1. The highest BCUT2D eigenvalue weighted by molar-refractivity contribution is 7.15. The molecule has 2 aromatic heterocycles. The van der Waals surface area contributed by atoms with E-state index in [1.165, 1.54) is 20.6 Å². The van der Waals surface area contributed by atoms with Crippen LogP contribution in [0.25, 0.3) is 4.96 Å². The number of hydrogen-bond donors (Lipinski definition) is 0. The van der Waals surface area contributed by atoms with Crippen LogP contribution in [0.4, 0.5) is 11.6 Å². The zero-order valence-corrected chi connectivity index (χ0v) is 12.5. The van der Waals surface area contributed by atoms with Crippen LogP contribution in [0, 0.1) is 10.1 Å².